The number of para-hydroxylation sites is 1. The number of sulfonamides is 1. The maximum atomic E-state index is 13.1. The molecule has 0 unspecified atom stereocenters. The average molecular weight is 450 g/mol. The van der Waals surface area contributed by atoms with E-state index in [0.717, 1.165) is 35.6 Å². The Morgan fingerprint density at radius 2 is 1.66 bits per heavy atom. The second-order valence-electron chi connectivity index (χ2n) is 8.09. The lowest BCUT2D eigenvalue weighted by Crippen LogP contribution is -2.36. The zero-order valence-corrected chi connectivity index (χ0v) is 18.5. The van der Waals surface area contributed by atoms with Gasteiger partial charge < -0.3 is 9.15 Å². The zero-order chi connectivity index (χ0) is 22.3. The van der Waals surface area contributed by atoms with Crippen molar-refractivity contribution in [3.05, 3.63) is 71.8 Å². The summed E-state index contributed by atoms with van der Waals surface area (Å²) in [6.45, 7) is 2.76. The van der Waals surface area contributed by atoms with Gasteiger partial charge in [0.2, 0.25) is 10.0 Å². The minimum absolute atomic E-state index is 0.158. The van der Waals surface area contributed by atoms with E-state index < -0.39 is 16.0 Å². The van der Waals surface area contributed by atoms with Gasteiger partial charge in [0.05, 0.1) is 10.5 Å². The Balaban J connectivity index is 1.45. The molecule has 0 aliphatic carbocycles. The molecule has 0 atom stereocenters. The molecule has 6 nitrogen and oxygen atoms in total. The molecule has 7 heteroatoms. The summed E-state index contributed by atoms with van der Waals surface area (Å²) in [5.41, 5.74) is 2.27. The number of carbonyl (C=O) groups is 1. The first kappa shape index (κ1) is 20.7. The molecule has 5 rings (SSSR count). The Hall–Kier alpha value is -3.16. The average Bonchev–Trinajstić information content (AvgIpc) is 3.18. The van der Waals surface area contributed by atoms with Crippen molar-refractivity contribution in [2.75, 3.05) is 13.1 Å². The Morgan fingerprint density at radius 3 is 2.47 bits per heavy atom. The number of benzene rings is 3. The van der Waals surface area contributed by atoms with Crippen molar-refractivity contribution in [3.63, 3.8) is 0 Å². The van der Waals surface area contributed by atoms with Crippen LogP contribution in [0.25, 0.3) is 21.9 Å². The monoisotopic (exact) mass is 449 g/mol. The smallest absolute Gasteiger partial charge is 0.343 e. The Morgan fingerprint density at radius 1 is 0.906 bits per heavy atom. The van der Waals surface area contributed by atoms with Crippen LogP contribution in [0.4, 0.5) is 0 Å². The summed E-state index contributed by atoms with van der Waals surface area (Å²) in [6, 6.07) is 17.5. The number of aryl methyl sites for hydroxylation is 1. The topological polar surface area (TPSA) is 76.8 Å². The number of esters is 1. The first-order valence-electron chi connectivity index (χ1n) is 10.7. The minimum Gasteiger partial charge on any atom is -0.456 e. The van der Waals surface area contributed by atoms with E-state index in [2.05, 4.69) is 0 Å². The number of piperidine rings is 1. The second kappa shape index (κ2) is 8.07. The third-order valence-electron chi connectivity index (χ3n) is 5.92. The first-order chi connectivity index (χ1) is 15.4. The van der Waals surface area contributed by atoms with Gasteiger partial charge in [-0.15, -0.1) is 0 Å². The Bertz CT molecular complexity index is 1430. The highest BCUT2D eigenvalue weighted by Crippen LogP contribution is 2.32. The highest BCUT2D eigenvalue weighted by molar-refractivity contribution is 7.89. The lowest BCUT2D eigenvalue weighted by Gasteiger charge is -2.26. The maximum absolute atomic E-state index is 13.1. The standard InChI is InChI=1S/C25H23NO5S/c1-17-9-10-18(15-24(17)32(28,29)26-13-5-2-6-14-26)25(27)30-19-11-12-23-21(16-19)20-7-3-4-8-22(20)31-23/h3-4,7-12,15-16H,2,5-6,13-14H2,1H3. The second-order valence-corrected chi connectivity index (χ2v) is 10.00. The summed E-state index contributed by atoms with van der Waals surface area (Å²) in [6.07, 6.45) is 2.74. The molecule has 1 aliphatic heterocycles. The van der Waals surface area contributed by atoms with Gasteiger partial charge in [-0.05, 0) is 61.7 Å². The van der Waals surface area contributed by atoms with Crippen molar-refractivity contribution in [2.24, 2.45) is 0 Å². The fourth-order valence-electron chi connectivity index (χ4n) is 4.18. The number of fused-ring (bicyclic) bond motifs is 3. The van der Waals surface area contributed by atoms with E-state index >= 15 is 0 Å². The van der Waals surface area contributed by atoms with E-state index in [9.17, 15) is 13.2 Å². The van der Waals surface area contributed by atoms with Crippen LogP contribution in [0.2, 0.25) is 0 Å². The van der Waals surface area contributed by atoms with Gasteiger partial charge >= 0.3 is 5.97 Å². The largest absolute Gasteiger partial charge is 0.456 e. The summed E-state index contributed by atoms with van der Waals surface area (Å²) in [5.74, 6) is -0.234. The number of nitrogens with zero attached hydrogens (tertiary/aromatic N) is 1. The molecule has 3 aromatic carbocycles. The first-order valence-corrected chi connectivity index (χ1v) is 12.1. The van der Waals surface area contributed by atoms with Crippen molar-refractivity contribution < 1.29 is 22.4 Å². The van der Waals surface area contributed by atoms with Gasteiger partial charge in [0.1, 0.15) is 16.9 Å². The van der Waals surface area contributed by atoms with Gasteiger partial charge in [0.25, 0.3) is 0 Å². The fraction of sp³-hybridized carbons (Fsp3) is 0.240. The minimum atomic E-state index is -3.65. The number of carbonyl (C=O) groups excluding carboxylic acids is 1. The quantitative estimate of drug-likeness (QED) is 0.313. The van der Waals surface area contributed by atoms with Crippen molar-refractivity contribution in [3.8, 4) is 5.75 Å². The SMILES string of the molecule is Cc1ccc(C(=O)Oc2ccc3oc4ccccc4c3c2)cc1S(=O)(=O)N1CCCCC1. The molecule has 1 saturated heterocycles. The lowest BCUT2D eigenvalue weighted by molar-refractivity contribution is 0.0734. The van der Waals surface area contributed by atoms with Crippen LogP contribution in [0.5, 0.6) is 5.75 Å². The molecule has 0 radical (unpaired) electrons. The summed E-state index contributed by atoms with van der Waals surface area (Å²) < 4.78 is 39.2. The molecule has 164 valence electrons. The third-order valence-corrected chi connectivity index (χ3v) is 7.96. The van der Waals surface area contributed by atoms with Crippen molar-refractivity contribution in [1.29, 1.82) is 0 Å². The molecule has 1 aliphatic rings. The number of ether oxygens (including phenoxy) is 1. The van der Waals surface area contributed by atoms with Crippen LogP contribution >= 0.6 is 0 Å². The molecule has 0 amide bonds. The van der Waals surface area contributed by atoms with Crippen LogP contribution in [-0.4, -0.2) is 31.8 Å². The normalized spacial score (nSPS) is 15.3. The molecule has 1 aromatic heterocycles. The van der Waals surface area contributed by atoms with E-state index in [1.807, 2.05) is 24.3 Å². The zero-order valence-electron chi connectivity index (χ0n) is 17.7. The van der Waals surface area contributed by atoms with Gasteiger partial charge in [-0.25, -0.2) is 13.2 Å². The van der Waals surface area contributed by atoms with Crippen molar-refractivity contribution >= 4 is 37.9 Å². The molecule has 1 fully saturated rings. The highest BCUT2D eigenvalue weighted by Gasteiger charge is 2.28. The molecular formula is C25H23NO5S. The van der Waals surface area contributed by atoms with E-state index in [1.54, 1.807) is 37.3 Å². The van der Waals surface area contributed by atoms with E-state index in [4.69, 9.17) is 9.15 Å². The Kier molecular flexibility index (Phi) is 5.23. The van der Waals surface area contributed by atoms with Gasteiger partial charge in [0.15, 0.2) is 0 Å². The van der Waals surface area contributed by atoms with Gasteiger partial charge in [-0.3, -0.25) is 0 Å². The maximum Gasteiger partial charge on any atom is 0.343 e. The summed E-state index contributed by atoms with van der Waals surface area (Å²) in [5, 5.41) is 1.79. The number of hydrogen-bond donors (Lipinski definition) is 0. The van der Waals surface area contributed by atoms with Crippen LogP contribution < -0.4 is 4.74 Å². The van der Waals surface area contributed by atoms with Crippen LogP contribution in [0.1, 0.15) is 35.2 Å². The van der Waals surface area contributed by atoms with Crippen LogP contribution in [0.15, 0.2) is 70.0 Å². The van der Waals surface area contributed by atoms with Gasteiger partial charge in [0, 0.05) is 23.9 Å². The number of rotatable bonds is 4. The highest BCUT2D eigenvalue weighted by atomic mass is 32.2. The van der Waals surface area contributed by atoms with Gasteiger partial charge in [-0.2, -0.15) is 4.31 Å². The molecule has 0 bridgehead atoms. The fourth-order valence-corrected chi connectivity index (χ4v) is 5.95. The third kappa shape index (κ3) is 3.67. The summed E-state index contributed by atoms with van der Waals surface area (Å²) in [4.78, 5) is 13.0. The molecule has 0 N–H and O–H groups in total. The number of furan rings is 1. The molecule has 2 heterocycles. The number of hydrogen-bond acceptors (Lipinski definition) is 5. The molecule has 32 heavy (non-hydrogen) atoms. The molecule has 0 saturated carbocycles. The van der Waals surface area contributed by atoms with Crippen LogP contribution in [-0.2, 0) is 10.0 Å². The van der Waals surface area contributed by atoms with Crippen LogP contribution in [0, 0.1) is 6.92 Å². The van der Waals surface area contributed by atoms with E-state index in [0.29, 0.717) is 30.0 Å². The molecule has 0 spiro atoms. The Labute approximate surface area is 186 Å². The predicted molar refractivity (Wildman–Crippen MR) is 122 cm³/mol. The molecular weight excluding hydrogens is 426 g/mol. The predicted octanol–water partition coefficient (Wildman–Crippen LogP) is 5.29. The van der Waals surface area contributed by atoms with E-state index in [-0.39, 0.29) is 10.5 Å². The molecule has 4 aromatic rings. The van der Waals surface area contributed by atoms with Crippen molar-refractivity contribution in [1.82, 2.24) is 4.31 Å². The summed E-state index contributed by atoms with van der Waals surface area (Å²) >= 11 is 0. The van der Waals surface area contributed by atoms with Gasteiger partial charge in [-0.1, -0.05) is 30.7 Å². The van der Waals surface area contributed by atoms with Crippen molar-refractivity contribution in [2.45, 2.75) is 31.1 Å². The summed E-state index contributed by atoms with van der Waals surface area (Å²) in [7, 11) is -3.65. The lowest BCUT2D eigenvalue weighted by atomic mass is 10.1. The van der Waals surface area contributed by atoms with E-state index in [1.165, 1.54) is 10.4 Å². The van der Waals surface area contributed by atoms with Crippen LogP contribution in [0.3, 0.4) is 0 Å².